The van der Waals surface area contributed by atoms with E-state index in [4.69, 9.17) is 16.3 Å². The molecule has 0 atom stereocenters. The normalized spacial score (nSPS) is 11.3. The highest BCUT2D eigenvalue weighted by Gasteiger charge is 2.21. The number of sulfone groups is 1. The Hall–Kier alpha value is -2.37. The largest absolute Gasteiger partial charge is 0.495 e. The van der Waals surface area contributed by atoms with Crippen LogP contribution in [0, 0.1) is 0 Å². The van der Waals surface area contributed by atoms with Gasteiger partial charge in [-0.05, 0) is 35.4 Å². The lowest BCUT2D eigenvalue weighted by atomic mass is 10.1. The number of pyridine rings is 1. The van der Waals surface area contributed by atoms with Crippen LogP contribution >= 0.6 is 11.6 Å². The van der Waals surface area contributed by atoms with Crippen LogP contribution in [0.1, 0.15) is 5.56 Å². The summed E-state index contributed by atoms with van der Waals surface area (Å²) in [6.45, 7) is 0. The molecule has 0 N–H and O–H groups in total. The molecule has 0 saturated heterocycles. The van der Waals surface area contributed by atoms with E-state index in [1.807, 2.05) is 36.4 Å². The van der Waals surface area contributed by atoms with E-state index in [1.165, 1.54) is 13.2 Å². The van der Waals surface area contributed by atoms with Crippen LogP contribution in [0.2, 0.25) is 5.02 Å². The Morgan fingerprint density at radius 2 is 1.76 bits per heavy atom. The third kappa shape index (κ3) is 4.00. The number of ether oxygens (including phenoxy) is 1. The van der Waals surface area contributed by atoms with Crippen molar-refractivity contribution in [2.45, 2.75) is 10.6 Å². The van der Waals surface area contributed by atoms with Crippen LogP contribution in [0.15, 0.2) is 71.9 Å². The quantitative estimate of drug-likeness (QED) is 0.665. The molecule has 1 aromatic heterocycles. The number of hydrogen-bond acceptors (Lipinski definition) is 4. The topological polar surface area (TPSA) is 56.3 Å². The van der Waals surface area contributed by atoms with E-state index in [9.17, 15) is 8.42 Å². The second-order valence-electron chi connectivity index (χ2n) is 5.50. The van der Waals surface area contributed by atoms with Crippen molar-refractivity contribution in [3.63, 3.8) is 0 Å². The molecule has 0 spiro atoms. The van der Waals surface area contributed by atoms with Gasteiger partial charge in [0.1, 0.15) is 10.6 Å². The second kappa shape index (κ2) is 7.25. The highest BCUT2D eigenvalue weighted by Crippen LogP contribution is 2.30. The summed E-state index contributed by atoms with van der Waals surface area (Å²) in [5, 5.41) is 0.343. The maximum Gasteiger partial charge on any atom is 0.186 e. The summed E-state index contributed by atoms with van der Waals surface area (Å²) in [6, 6.07) is 16.1. The van der Waals surface area contributed by atoms with Crippen molar-refractivity contribution >= 4 is 21.4 Å². The van der Waals surface area contributed by atoms with E-state index in [-0.39, 0.29) is 16.4 Å². The Labute approximate surface area is 152 Å². The summed E-state index contributed by atoms with van der Waals surface area (Å²) in [6.07, 6.45) is 3.27. The average molecular weight is 374 g/mol. The maximum absolute atomic E-state index is 12.8. The Morgan fingerprint density at radius 1 is 1.00 bits per heavy atom. The summed E-state index contributed by atoms with van der Waals surface area (Å²) < 4.78 is 30.8. The van der Waals surface area contributed by atoms with Gasteiger partial charge in [0.25, 0.3) is 0 Å². The van der Waals surface area contributed by atoms with Crippen molar-refractivity contribution in [3.05, 3.63) is 77.6 Å². The molecule has 3 aromatic rings. The molecule has 0 aliphatic carbocycles. The number of hydrogen-bond donors (Lipinski definition) is 0. The van der Waals surface area contributed by atoms with Gasteiger partial charge in [0.2, 0.25) is 0 Å². The summed E-state index contributed by atoms with van der Waals surface area (Å²) in [5.41, 5.74) is 2.45. The van der Waals surface area contributed by atoms with Gasteiger partial charge in [-0.25, -0.2) is 8.42 Å². The molecule has 25 heavy (non-hydrogen) atoms. The number of halogens is 1. The minimum atomic E-state index is -3.63. The van der Waals surface area contributed by atoms with E-state index in [0.717, 1.165) is 11.1 Å². The summed E-state index contributed by atoms with van der Waals surface area (Å²) in [7, 11) is -2.20. The lowest BCUT2D eigenvalue weighted by Gasteiger charge is -2.11. The van der Waals surface area contributed by atoms with Crippen LogP contribution in [-0.4, -0.2) is 20.5 Å². The minimum Gasteiger partial charge on any atom is -0.495 e. The van der Waals surface area contributed by atoms with Crippen molar-refractivity contribution in [2.24, 2.45) is 0 Å². The van der Waals surface area contributed by atoms with Gasteiger partial charge >= 0.3 is 0 Å². The van der Waals surface area contributed by atoms with Crippen LogP contribution in [0.4, 0.5) is 0 Å². The van der Waals surface area contributed by atoms with Gasteiger partial charge in [0.15, 0.2) is 9.84 Å². The lowest BCUT2D eigenvalue weighted by molar-refractivity contribution is 0.402. The van der Waals surface area contributed by atoms with Gasteiger partial charge in [-0.1, -0.05) is 41.9 Å². The smallest absolute Gasteiger partial charge is 0.186 e. The third-order valence-corrected chi connectivity index (χ3v) is 5.66. The number of nitrogens with zero attached hydrogens (tertiary/aromatic N) is 1. The van der Waals surface area contributed by atoms with Crippen LogP contribution in [0.3, 0.4) is 0 Å². The van der Waals surface area contributed by atoms with Crippen molar-refractivity contribution in [2.75, 3.05) is 7.11 Å². The fraction of sp³-hybridized carbons (Fsp3) is 0.105. The van der Waals surface area contributed by atoms with E-state index in [2.05, 4.69) is 4.98 Å². The number of benzene rings is 2. The summed E-state index contributed by atoms with van der Waals surface area (Å²) in [4.78, 5) is 4.25. The van der Waals surface area contributed by atoms with Crippen LogP contribution in [-0.2, 0) is 15.6 Å². The number of aromatic nitrogens is 1. The fourth-order valence-electron chi connectivity index (χ4n) is 2.55. The number of rotatable bonds is 5. The first-order valence-corrected chi connectivity index (χ1v) is 9.58. The Morgan fingerprint density at radius 3 is 2.48 bits per heavy atom. The molecule has 3 rings (SSSR count). The molecule has 6 heteroatoms. The van der Waals surface area contributed by atoms with E-state index in [0.29, 0.717) is 10.6 Å². The van der Waals surface area contributed by atoms with E-state index >= 15 is 0 Å². The van der Waals surface area contributed by atoms with Crippen LogP contribution < -0.4 is 4.74 Å². The average Bonchev–Trinajstić information content (AvgIpc) is 2.62. The van der Waals surface area contributed by atoms with Gasteiger partial charge in [0.05, 0.1) is 12.9 Å². The Balaban J connectivity index is 1.96. The van der Waals surface area contributed by atoms with Crippen molar-refractivity contribution in [1.29, 1.82) is 0 Å². The second-order valence-corrected chi connectivity index (χ2v) is 7.90. The predicted molar refractivity (Wildman–Crippen MR) is 98.6 cm³/mol. The molecule has 0 radical (unpaired) electrons. The molecule has 0 unspecified atom stereocenters. The predicted octanol–water partition coefficient (Wildman–Crippen LogP) is 4.38. The van der Waals surface area contributed by atoms with E-state index in [1.54, 1.807) is 24.5 Å². The van der Waals surface area contributed by atoms with Crippen LogP contribution in [0.5, 0.6) is 5.75 Å². The summed E-state index contributed by atoms with van der Waals surface area (Å²) in [5.74, 6) is 0.0914. The highest BCUT2D eigenvalue weighted by molar-refractivity contribution is 7.90. The molecule has 2 aromatic carbocycles. The molecule has 0 bridgehead atoms. The fourth-order valence-corrected chi connectivity index (χ4v) is 4.30. The van der Waals surface area contributed by atoms with Gasteiger partial charge in [-0.3, -0.25) is 4.98 Å². The molecule has 4 nitrogen and oxygen atoms in total. The molecule has 0 aliphatic rings. The molecule has 0 fully saturated rings. The highest BCUT2D eigenvalue weighted by atomic mass is 35.5. The van der Waals surface area contributed by atoms with Gasteiger partial charge in [-0.15, -0.1) is 0 Å². The SMILES string of the molecule is COc1ccc(Cl)cc1S(=O)(=O)Cc1cncc(-c2ccccc2)c1. The molecule has 1 heterocycles. The first-order valence-electron chi connectivity index (χ1n) is 7.55. The van der Waals surface area contributed by atoms with Crippen molar-refractivity contribution in [3.8, 4) is 16.9 Å². The van der Waals surface area contributed by atoms with Crippen molar-refractivity contribution < 1.29 is 13.2 Å². The third-order valence-electron chi connectivity index (χ3n) is 3.72. The molecule has 0 amide bonds. The zero-order chi connectivity index (χ0) is 17.9. The van der Waals surface area contributed by atoms with Crippen molar-refractivity contribution in [1.82, 2.24) is 4.98 Å². The lowest BCUT2D eigenvalue weighted by Crippen LogP contribution is -2.07. The first kappa shape index (κ1) is 17.5. The maximum atomic E-state index is 12.8. The van der Waals surface area contributed by atoms with Crippen LogP contribution in [0.25, 0.3) is 11.1 Å². The van der Waals surface area contributed by atoms with Gasteiger partial charge < -0.3 is 4.74 Å². The minimum absolute atomic E-state index is 0.0765. The van der Waals surface area contributed by atoms with Gasteiger partial charge in [0, 0.05) is 23.0 Å². The van der Waals surface area contributed by atoms with E-state index < -0.39 is 9.84 Å². The zero-order valence-corrected chi connectivity index (χ0v) is 15.1. The molecular formula is C19H16ClNO3S. The first-order chi connectivity index (χ1) is 12.0. The molecule has 128 valence electrons. The van der Waals surface area contributed by atoms with Gasteiger partial charge in [-0.2, -0.15) is 0 Å². The summed E-state index contributed by atoms with van der Waals surface area (Å²) >= 11 is 5.96. The standard InChI is InChI=1S/C19H16ClNO3S/c1-24-18-8-7-17(20)10-19(18)25(22,23)13-14-9-16(12-21-11-14)15-5-3-2-4-6-15/h2-12H,13H2,1H3. The number of methoxy groups -OCH3 is 1. The molecular weight excluding hydrogens is 358 g/mol. The Kier molecular flexibility index (Phi) is 5.06. The monoisotopic (exact) mass is 373 g/mol. The molecule has 0 aliphatic heterocycles. The Bertz CT molecular complexity index is 989. The zero-order valence-electron chi connectivity index (χ0n) is 13.5. The molecule has 0 saturated carbocycles.